The minimum absolute atomic E-state index is 0.0177. The zero-order chi connectivity index (χ0) is 22.1. The van der Waals surface area contributed by atoms with Crippen molar-refractivity contribution in [2.45, 2.75) is 44.7 Å². The van der Waals surface area contributed by atoms with E-state index in [0.717, 1.165) is 40.1 Å². The van der Waals surface area contributed by atoms with E-state index in [1.54, 1.807) is 6.20 Å². The number of carbonyl (C=O) groups excluding carboxylic acids is 1. The van der Waals surface area contributed by atoms with Crippen molar-refractivity contribution in [2.24, 2.45) is 5.73 Å². The molecular weight excluding hydrogens is 398 g/mol. The molecule has 32 heavy (non-hydrogen) atoms. The molecule has 2 aromatic carbocycles. The van der Waals surface area contributed by atoms with Crippen LogP contribution < -0.4 is 11.1 Å². The van der Waals surface area contributed by atoms with Gasteiger partial charge >= 0.3 is 0 Å². The molecule has 0 bridgehead atoms. The first-order valence-electron chi connectivity index (χ1n) is 11.2. The van der Waals surface area contributed by atoms with Gasteiger partial charge in [0, 0.05) is 46.8 Å². The van der Waals surface area contributed by atoms with Crippen molar-refractivity contribution in [3.05, 3.63) is 77.7 Å². The van der Waals surface area contributed by atoms with E-state index >= 15 is 0 Å². The van der Waals surface area contributed by atoms with E-state index in [1.807, 2.05) is 48.7 Å². The van der Waals surface area contributed by atoms with Gasteiger partial charge in [0.2, 0.25) is 0 Å². The molecule has 1 saturated carbocycles. The van der Waals surface area contributed by atoms with Crippen LogP contribution in [0.3, 0.4) is 0 Å². The van der Waals surface area contributed by atoms with Crippen LogP contribution in [-0.4, -0.2) is 27.3 Å². The maximum atomic E-state index is 13.4. The molecule has 0 atom stereocenters. The molecule has 0 spiro atoms. The van der Waals surface area contributed by atoms with E-state index in [9.17, 15) is 4.79 Å². The second-order valence-corrected chi connectivity index (χ2v) is 8.63. The van der Waals surface area contributed by atoms with Crippen LogP contribution in [0.1, 0.15) is 53.7 Å². The van der Waals surface area contributed by atoms with E-state index in [-0.39, 0.29) is 17.8 Å². The van der Waals surface area contributed by atoms with Crippen molar-refractivity contribution < 1.29 is 4.79 Å². The maximum Gasteiger partial charge on any atom is 0.268 e. The highest BCUT2D eigenvalue weighted by molar-refractivity contribution is 6.02. The number of nitrogens with one attached hydrogen (secondary N) is 2. The van der Waals surface area contributed by atoms with Gasteiger partial charge in [-0.3, -0.25) is 15.2 Å². The highest BCUT2D eigenvalue weighted by atomic mass is 16.2. The zero-order valence-electron chi connectivity index (χ0n) is 18.0. The first kappa shape index (κ1) is 20.2. The number of fused-ring (bicyclic) bond motifs is 2. The van der Waals surface area contributed by atoms with Crippen molar-refractivity contribution in [1.82, 2.24) is 14.9 Å². The van der Waals surface area contributed by atoms with Crippen molar-refractivity contribution in [1.29, 1.82) is 5.41 Å². The Kier molecular flexibility index (Phi) is 5.35. The van der Waals surface area contributed by atoms with Gasteiger partial charge in [0.15, 0.2) is 0 Å². The SMILES string of the molecule is N=C(N)c1ccc2cc(C(=O)NC3CCCCC3)n(Cc3cccc4cnccc34)c2c1. The lowest BCUT2D eigenvalue weighted by molar-refractivity contribution is 0.0919. The molecule has 6 heteroatoms. The lowest BCUT2D eigenvalue weighted by Gasteiger charge is -2.23. The number of rotatable bonds is 5. The Morgan fingerprint density at radius 1 is 1.09 bits per heavy atom. The second kappa shape index (κ2) is 8.46. The Labute approximate surface area is 187 Å². The minimum atomic E-state index is -0.0422. The quantitative estimate of drug-likeness (QED) is 0.322. The van der Waals surface area contributed by atoms with Gasteiger partial charge in [-0.2, -0.15) is 0 Å². The van der Waals surface area contributed by atoms with E-state index in [4.69, 9.17) is 11.1 Å². The third-order valence-corrected chi connectivity index (χ3v) is 6.49. The number of carbonyl (C=O) groups is 1. The third kappa shape index (κ3) is 3.84. The molecule has 0 aliphatic heterocycles. The largest absolute Gasteiger partial charge is 0.384 e. The predicted octanol–water partition coefficient (Wildman–Crippen LogP) is 4.58. The highest BCUT2D eigenvalue weighted by Gasteiger charge is 2.21. The lowest BCUT2D eigenvalue weighted by Crippen LogP contribution is -2.37. The number of nitrogens with two attached hydrogens (primary N) is 1. The van der Waals surface area contributed by atoms with Crippen LogP contribution in [0.2, 0.25) is 0 Å². The zero-order valence-corrected chi connectivity index (χ0v) is 18.0. The summed E-state index contributed by atoms with van der Waals surface area (Å²) in [6.07, 6.45) is 9.31. The smallest absolute Gasteiger partial charge is 0.268 e. The topological polar surface area (TPSA) is 96.8 Å². The molecule has 1 aliphatic carbocycles. The summed E-state index contributed by atoms with van der Waals surface area (Å²) in [5, 5.41) is 14.3. The summed E-state index contributed by atoms with van der Waals surface area (Å²) in [7, 11) is 0. The molecule has 6 nitrogen and oxygen atoms in total. The summed E-state index contributed by atoms with van der Waals surface area (Å²) in [6.45, 7) is 0.541. The number of aromatic nitrogens is 2. The number of hydrogen-bond acceptors (Lipinski definition) is 3. The second-order valence-electron chi connectivity index (χ2n) is 8.63. The van der Waals surface area contributed by atoms with Crippen LogP contribution in [0.25, 0.3) is 21.7 Å². The Balaban J connectivity index is 1.60. The lowest BCUT2D eigenvalue weighted by atomic mass is 9.95. The normalized spacial score (nSPS) is 14.6. The number of nitrogen functional groups attached to an aromatic ring is 1. The summed E-state index contributed by atoms with van der Waals surface area (Å²) in [5.41, 5.74) is 9.06. The number of nitrogens with zero attached hydrogens (tertiary/aromatic N) is 2. The fraction of sp³-hybridized carbons (Fsp3) is 0.269. The molecule has 4 N–H and O–H groups in total. The van der Waals surface area contributed by atoms with Crippen LogP contribution >= 0.6 is 0 Å². The average molecular weight is 426 g/mol. The Hall–Kier alpha value is -3.67. The van der Waals surface area contributed by atoms with Gasteiger partial charge < -0.3 is 15.6 Å². The van der Waals surface area contributed by atoms with Gasteiger partial charge in [0.05, 0.1) is 0 Å². The molecular formula is C26H27N5O. The molecule has 1 fully saturated rings. The van der Waals surface area contributed by atoms with Crippen LogP contribution in [0, 0.1) is 5.41 Å². The van der Waals surface area contributed by atoms with Gasteiger partial charge in [-0.25, -0.2) is 0 Å². The molecule has 162 valence electrons. The maximum absolute atomic E-state index is 13.4. The average Bonchev–Trinajstić information content (AvgIpc) is 3.18. The Morgan fingerprint density at radius 2 is 1.94 bits per heavy atom. The van der Waals surface area contributed by atoms with Gasteiger partial charge in [0.25, 0.3) is 5.91 Å². The first-order chi connectivity index (χ1) is 15.6. The Bertz CT molecular complexity index is 1310. The van der Waals surface area contributed by atoms with Crippen molar-refractivity contribution in [3.8, 4) is 0 Å². The highest BCUT2D eigenvalue weighted by Crippen LogP contribution is 2.26. The molecule has 0 unspecified atom stereocenters. The monoisotopic (exact) mass is 425 g/mol. The first-order valence-corrected chi connectivity index (χ1v) is 11.2. The molecule has 1 aliphatic rings. The van der Waals surface area contributed by atoms with Crippen LogP contribution in [-0.2, 0) is 6.54 Å². The van der Waals surface area contributed by atoms with E-state index in [2.05, 4.69) is 20.9 Å². The van der Waals surface area contributed by atoms with Crippen LogP contribution in [0.4, 0.5) is 0 Å². The number of amides is 1. The molecule has 4 aromatic rings. The fourth-order valence-electron chi connectivity index (χ4n) is 4.78. The van der Waals surface area contributed by atoms with E-state index in [1.165, 1.54) is 19.3 Å². The molecule has 0 radical (unpaired) electrons. The third-order valence-electron chi connectivity index (χ3n) is 6.49. The van der Waals surface area contributed by atoms with E-state index < -0.39 is 0 Å². The van der Waals surface area contributed by atoms with Crippen LogP contribution in [0.15, 0.2) is 60.9 Å². The number of benzene rings is 2. The summed E-state index contributed by atoms with van der Waals surface area (Å²) in [5.74, 6) is -0.0246. The summed E-state index contributed by atoms with van der Waals surface area (Å²) in [4.78, 5) is 17.6. The number of hydrogen-bond donors (Lipinski definition) is 3. The molecule has 2 aromatic heterocycles. The minimum Gasteiger partial charge on any atom is -0.384 e. The molecule has 5 rings (SSSR count). The molecule has 2 heterocycles. The Morgan fingerprint density at radius 3 is 2.75 bits per heavy atom. The van der Waals surface area contributed by atoms with Crippen molar-refractivity contribution >= 4 is 33.4 Å². The summed E-state index contributed by atoms with van der Waals surface area (Å²) in [6, 6.07) is 16.0. The fourth-order valence-corrected chi connectivity index (χ4v) is 4.78. The van der Waals surface area contributed by atoms with Crippen molar-refractivity contribution in [3.63, 3.8) is 0 Å². The number of amidine groups is 1. The van der Waals surface area contributed by atoms with Gasteiger partial charge in [-0.05, 0) is 42.0 Å². The van der Waals surface area contributed by atoms with Gasteiger partial charge in [-0.1, -0.05) is 49.6 Å². The molecule has 0 saturated heterocycles. The summed E-state index contributed by atoms with van der Waals surface area (Å²) >= 11 is 0. The molecule has 1 amide bonds. The van der Waals surface area contributed by atoms with Crippen LogP contribution in [0.5, 0.6) is 0 Å². The summed E-state index contributed by atoms with van der Waals surface area (Å²) < 4.78 is 2.05. The van der Waals surface area contributed by atoms with Gasteiger partial charge in [-0.15, -0.1) is 0 Å². The van der Waals surface area contributed by atoms with Gasteiger partial charge in [0.1, 0.15) is 11.5 Å². The van der Waals surface area contributed by atoms with E-state index in [0.29, 0.717) is 17.8 Å². The van der Waals surface area contributed by atoms with Crippen molar-refractivity contribution in [2.75, 3.05) is 0 Å². The predicted molar refractivity (Wildman–Crippen MR) is 128 cm³/mol. The number of pyridine rings is 1. The standard InChI is InChI=1S/C26H27N5O/c27-25(28)18-10-9-17-13-24(26(32)30-21-7-2-1-3-8-21)31(23(17)14-18)16-20-6-4-5-19-15-29-12-11-22(19)20/h4-6,9-15,21H,1-3,7-8,16H2,(H3,27,28)(H,30,32).